The van der Waals surface area contributed by atoms with Gasteiger partial charge in [-0.05, 0) is 89.0 Å². The summed E-state index contributed by atoms with van der Waals surface area (Å²) < 4.78 is 12.7. The van der Waals surface area contributed by atoms with Gasteiger partial charge in [-0.1, -0.05) is 109 Å². The zero-order valence-electron chi connectivity index (χ0n) is 29.4. The van der Waals surface area contributed by atoms with Crippen molar-refractivity contribution in [2.75, 3.05) is 4.90 Å². The summed E-state index contributed by atoms with van der Waals surface area (Å²) in [5, 5.41) is 23.6. The maximum absolute atomic E-state index is 9.58. The molecule has 55 heavy (non-hydrogen) atoms. The van der Waals surface area contributed by atoms with E-state index in [0.717, 1.165) is 94.3 Å². The molecule has 0 bridgehead atoms. The van der Waals surface area contributed by atoms with Crippen molar-refractivity contribution in [2.45, 2.75) is 0 Å². The van der Waals surface area contributed by atoms with E-state index in [9.17, 15) is 10.5 Å². The molecule has 10 rings (SSSR count). The second-order valence-electron chi connectivity index (χ2n) is 13.6. The first-order valence-corrected chi connectivity index (χ1v) is 18.0. The van der Waals surface area contributed by atoms with Crippen molar-refractivity contribution in [3.05, 3.63) is 187 Å². The Morgan fingerprint density at radius 3 is 1.20 bits per heavy atom. The first kappa shape index (κ1) is 31.8. The second-order valence-corrected chi connectivity index (χ2v) is 13.6. The SMILES string of the molecule is N#Cc1cc(C#N)cc(-c2ccc(N(c3ccc(-c4cccc5c4oc4ccccc45)cc3)c3ccc(-c4cccc5c4oc4ccccc45)cc3)cc2)c1. The van der Waals surface area contributed by atoms with Gasteiger partial charge in [0.25, 0.3) is 0 Å². The number of anilines is 3. The van der Waals surface area contributed by atoms with Gasteiger partial charge < -0.3 is 13.7 Å². The van der Waals surface area contributed by atoms with Crippen molar-refractivity contribution >= 4 is 60.9 Å². The lowest BCUT2D eigenvalue weighted by molar-refractivity contribution is 0.669. The molecule has 0 saturated carbocycles. The molecule has 256 valence electrons. The van der Waals surface area contributed by atoms with E-state index in [-0.39, 0.29) is 0 Å². The maximum Gasteiger partial charge on any atom is 0.143 e. The van der Waals surface area contributed by atoms with Crippen LogP contribution >= 0.6 is 0 Å². The Bertz CT molecular complexity index is 2970. The molecule has 0 spiro atoms. The van der Waals surface area contributed by atoms with Crippen LogP contribution in [-0.4, -0.2) is 0 Å². The Balaban J connectivity index is 1.06. The number of benzene rings is 8. The minimum absolute atomic E-state index is 0.455. The number of nitrogens with zero attached hydrogens (tertiary/aromatic N) is 3. The van der Waals surface area contributed by atoms with Crippen LogP contribution in [0.4, 0.5) is 17.1 Å². The molecule has 5 heteroatoms. The minimum atomic E-state index is 0.455. The highest BCUT2D eigenvalue weighted by Gasteiger charge is 2.17. The van der Waals surface area contributed by atoms with Gasteiger partial charge in [0.15, 0.2) is 0 Å². The zero-order valence-corrected chi connectivity index (χ0v) is 29.4. The Hall–Kier alpha value is -7.86. The number of fused-ring (bicyclic) bond motifs is 6. The summed E-state index contributed by atoms with van der Waals surface area (Å²) in [5.74, 6) is 0. The van der Waals surface area contributed by atoms with Crippen LogP contribution in [0.15, 0.2) is 185 Å². The maximum atomic E-state index is 9.58. The Kier molecular flexibility index (Phi) is 7.51. The second kappa shape index (κ2) is 13.0. The van der Waals surface area contributed by atoms with E-state index >= 15 is 0 Å². The lowest BCUT2D eigenvalue weighted by Crippen LogP contribution is -2.09. The first-order chi connectivity index (χ1) is 27.1. The molecule has 0 aliphatic heterocycles. The van der Waals surface area contributed by atoms with Crippen molar-refractivity contribution < 1.29 is 8.83 Å². The average molecular weight is 704 g/mol. The molecule has 0 aliphatic rings. The number of furan rings is 2. The fraction of sp³-hybridized carbons (Fsp3) is 0. The van der Waals surface area contributed by atoms with Gasteiger partial charge in [0.2, 0.25) is 0 Å². The highest BCUT2D eigenvalue weighted by atomic mass is 16.3. The largest absolute Gasteiger partial charge is 0.455 e. The third kappa shape index (κ3) is 5.47. The normalized spacial score (nSPS) is 11.2. The Labute approximate surface area is 316 Å². The number of rotatable bonds is 6. The van der Waals surface area contributed by atoms with E-state index in [1.165, 1.54) is 0 Å². The summed E-state index contributed by atoms with van der Waals surface area (Å²) in [6, 6.07) is 63.9. The van der Waals surface area contributed by atoms with Crippen molar-refractivity contribution in [2.24, 2.45) is 0 Å². The molecule has 0 amide bonds. The van der Waals surface area contributed by atoms with Crippen molar-refractivity contribution in [3.63, 3.8) is 0 Å². The fourth-order valence-electron chi connectivity index (χ4n) is 7.70. The molecular weight excluding hydrogens is 675 g/mol. The quantitative estimate of drug-likeness (QED) is 0.172. The smallest absolute Gasteiger partial charge is 0.143 e. The van der Waals surface area contributed by atoms with Crippen molar-refractivity contribution in [1.29, 1.82) is 10.5 Å². The van der Waals surface area contributed by atoms with E-state index in [1.54, 1.807) is 6.07 Å². The molecule has 2 aromatic heterocycles. The van der Waals surface area contributed by atoms with Gasteiger partial charge >= 0.3 is 0 Å². The van der Waals surface area contributed by atoms with Crippen LogP contribution in [0.3, 0.4) is 0 Å². The van der Waals surface area contributed by atoms with E-state index in [0.29, 0.717) is 11.1 Å². The summed E-state index contributed by atoms with van der Waals surface area (Å²) >= 11 is 0. The number of hydrogen-bond donors (Lipinski definition) is 0. The number of hydrogen-bond acceptors (Lipinski definition) is 5. The predicted molar refractivity (Wildman–Crippen MR) is 221 cm³/mol. The lowest BCUT2D eigenvalue weighted by atomic mass is 9.99. The van der Waals surface area contributed by atoms with Crippen LogP contribution in [0.25, 0.3) is 77.3 Å². The molecule has 0 fully saturated rings. The first-order valence-electron chi connectivity index (χ1n) is 18.0. The molecule has 0 aliphatic carbocycles. The molecule has 0 N–H and O–H groups in total. The summed E-state index contributed by atoms with van der Waals surface area (Å²) in [6.45, 7) is 0. The summed E-state index contributed by atoms with van der Waals surface area (Å²) in [5.41, 5.74) is 13.3. The average Bonchev–Trinajstić information content (AvgIpc) is 3.83. The van der Waals surface area contributed by atoms with Gasteiger partial charge in [-0.25, -0.2) is 0 Å². The van der Waals surface area contributed by atoms with Gasteiger partial charge in [0, 0.05) is 49.7 Å². The van der Waals surface area contributed by atoms with E-state index in [2.05, 4.69) is 126 Å². The monoisotopic (exact) mass is 703 g/mol. The van der Waals surface area contributed by atoms with Gasteiger partial charge in [0.1, 0.15) is 22.3 Å². The van der Waals surface area contributed by atoms with Crippen LogP contribution in [0.1, 0.15) is 11.1 Å². The van der Waals surface area contributed by atoms with Gasteiger partial charge in [0.05, 0.1) is 23.3 Å². The zero-order chi connectivity index (χ0) is 36.9. The lowest BCUT2D eigenvalue weighted by Gasteiger charge is -2.26. The molecule has 8 aromatic carbocycles. The van der Waals surface area contributed by atoms with E-state index in [4.69, 9.17) is 8.83 Å². The van der Waals surface area contributed by atoms with Crippen LogP contribution in [0.5, 0.6) is 0 Å². The minimum Gasteiger partial charge on any atom is -0.455 e. The van der Waals surface area contributed by atoms with E-state index in [1.807, 2.05) is 60.7 Å². The van der Waals surface area contributed by atoms with E-state index < -0.39 is 0 Å². The molecule has 0 saturated heterocycles. The highest BCUT2D eigenvalue weighted by Crippen LogP contribution is 2.41. The third-order valence-corrected chi connectivity index (χ3v) is 10.3. The number of para-hydroxylation sites is 4. The van der Waals surface area contributed by atoms with Gasteiger partial charge in [-0.15, -0.1) is 0 Å². The van der Waals surface area contributed by atoms with Crippen LogP contribution in [0.2, 0.25) is 0 Å². The van der Waals surface area contributed by atoms with Crippen molar-refractivity contribution in [3.8, 4) is 45.5 Å². The molecule has 0 atom stereocenters. The van der Waals surface area contributed by atoms with Crippen LogP contribution < -0.4 is 4.90 Å². The third-order valence-electron chi connectivity index (χ3n) is 10.3. The highest BCUT2D eigenvalue weighted by molar-refractivity contribution is 6.10. The van der Waals surface area contributed by atoms with Crippen LogP contribution in [-0.2, 0) is 0 Å². The standard InChI is InChI=1S/C50H29N3O2/c51-30-32-27-33(31-52)29-37(28-32)34-15-21-38(22-16-34)53(39-23-17-35(18-24-39)41-9-5-11-45-43-7-1-3-13-47(43)54-49(41)45)40-25-19-36(20-26-40)42-10-6-12-46-44-8-2-4-14-48(44)55-50(42)46/h1-29H. The summed E-state index contributed by atoms with van der Waals surface area (Å²) in [7, 11) is 0. The predicted octanol–water partition coefficient (Wildman–Crippen LogP) is 13.7. The molecule has 2 heterocycles. The Morgan fingerprint density at radius 2 is 0.764 bits per heavy atom. The summed E-state index contributed by atoms with van der Waals surface area (Å²) in [4.78, 5) is 2.23. The number of nitriles is 2. The molecule has 0 radical (unpaired) electrons. The van der Waals surface area contributed by atoms with Gasteiger partial charge in [-0.2, -0.15) is 10.5 Å². The fourth-order valence-corrected chi connectivity index (χ4v) is 7.70. The van der Waals surface area contributed by atoms with Crippen LogP contribution in [0, 0.1) is 22.7 Å². The molecule has 5 nitrogen and oxygen atoms in total. The molecule has 0 unspecified atom stereocenters. The molecular formula is C50H29N3O2. The summed E-state index contributed by atoms with van der Waals surface area (Å²) in [6.07, 6.45) is 0. The molecule has 10 aromatic rings. The van der Waals surface area contributed by atoms with Gasteiger partial charge in [-0.3, -0.25) is 0 Å². The van der Waals surface area contributed by atoms with Crippen molar-refractivity contribution in [1.82, 2.24) is 0 Å². The topological polar surface area (TPSA) is 77.1 Å². The Morgan fingerprint density at radius 1 is 0.364 bits per heavy atom.